The van der Waals surface area contributed by atoms with Gasteiger partial charge in [-0.15, -0.1) is 0 Å². The third kappa shape index (κ3) is 5.64. The van der Waals surface area contributed by atoms with Gasteiger partial charge in [-0.2, -0.15) is 0 Å². The smallest absolute Gasteiger partial charge is 0.216 e. The van der Waals surface area contributed by atoms with Crippen LogP contribution in [-0.2, 0) is 10.0 Å². The van der Waals surface area contributed by atoms with Crippen LogP contribution in [0.4, 0.5) is 8.78 Å². The molecule has 2 heterocycles. The Bertz CT molecular complexity index is 771. The molecule has 0 spiro atoms. The minimum Gasteiger partial charge on any atom is -0.484 e. The number of aliphatic hydroxyl groups is 2. The fraction of sp³-hybridized carbons (Fsp3) is 0.684. The molecule has 3 rings (SSSR count). The number of sulfonamides is 1. The van der Waals surface area contributed by atoms with Crippen molar-refractivity contribution in [1.29, 1.82) is 0 Å². The van der Waals surface area contributed by atoms with E-state index in [0.29, 0.717) is 31.2 Å². The molecule has 164 valence electrons. The van der Waals surface area contributed by atoms with Gasteiger partial charge >= 0.3 is 0 Å². The molecular weight excluding hydrogens is 406 g/mol. The van der Waals surface area contributed by atoms with E-state index in [1.807, 2.05) is 0 Å². The monoisotopic (exact) mass is 434 g/mol. The third-order valence-electron chi connectivity index (χ3n) is 5.52. The lowest BCUT2D eigenvalue weighted by Gasteiger charge is -2.32. The average molecular weight is 435 g/mol. The predicted molar refractivity (Wildman–Crippen MR) is 103 cm³/mol. The Hall–Kier alpha value is -1.33. The maximum absolute atomic E-state index is 14.5. The largest absolute Gasteiger partial charge is 0.484 e. The van der Waals surface area contributed by atoms with Crippen LogP contribution in [-0.4, -0.2) is 73.7 Å². The molecule has 2 saturated heterocycles. The number of nitrogens with zero attached hydrogens (tertiary/aromatic N) is 1. The van der Waals surface area contributed by atoms with E-state index in [9.17, 15) is 22.3 Å². The number of hydrogen-bond acceptors (Lipinski definition) is 6. The first kappa shape index (κ1) is 22.4. The minimum absolute atomic E-state index is 0.166. The second kappa shape index (κ2) is 9.65. The van der Waals surface area contributed by atoms with Gasteiger partial charge in [-0.05, 0) is 62.4 Å². The summed E-state index contributed by atoms with van der Waals surface area (Å²) in [5.41, 5.74) is 0.491. The number of hydrogen-bond donors (Lipinski definition) is 3. The fourth-order valence-electron chi connectivity index (χ4n) is 3.88. The molecule has 0 aromatic heterocycles. The first-order valence-corrected chi connectivity index (χ1v) is 11.5. The predicted octanol–water partition coefficient (Wildman–Crippen LogP) is 0.958. The zero-order valence-corrected chi connectivity index (χ0v) is 17.0. The minimum atomic E-state index is -3.69. The standard InChI is InChI=1S/C19H28F2N2O5S/c20-17-9-14(10-18(21)19(17)28-16-1-5-22-6-2-16)13-3-7-23(8-4-13)29(26,27)12-15(25)11-24/h9-10,13,15-16,22,24-25H,1-8,11-12H2. The van der Waals surface area contributed by atoms with Crippen LogP contribution in [0.15, 0.2) is 12.1 Å². The number of rotatable bonds is 7. The van der Waals surface area contributed by atoms with Crippen molar-refractivity contribution in [2.45, 2.75) is 43.8 Å². The van der Waals surface area contributed by atoms with Crippen LogP contribution >= 0.6 is 0 Å². The van der Waals surface area contributed by atoms with E-state index in [1.165, 1.54) is 16.4 Å². The zero-order valence-electron chi connectivity index (χ0n) is 16.2. The molecule has 1 aromatic rings. The quantitative estimate of drug-likeness (QED) is 0.591. The molecule has 0 aliphatic carbocycles. The van der Waals surface area contributed by atoms with Gasteiger partial charge in [0.1, 0.15) is 6.10 Å². The Labute approximate surface area is 169 Å². The molecule has 0 radical (unpaired) electrons. The average Bonchev–Trinajstić information content (AvgIpc) is 2.71. The second-order valence-electron chi connectivity index (χ2n) is 7.67. The molecule has 10 heteroatoms. The maximum atomic E-state index is 14.5. The van der Waals surface area contributed by atoms with Crippen molar-refractivity contribution in [2.75, 3.05) is 38.5 Å². The Morgan fingerprint density at radius 2 is 1.72 bits per heavy atom. The molecule has 1 atom stereocenters. The van der Waals surface area contributed by atoms with Gasteiger partial charge in [-0.1, -0.05) is 0 Å². The van der Waals surface area contributed by atoms with Crippen LogP contribution in [0.1, 0.15) is 37.2 Å². The van der Waals surface area contributed by atoms with E-state index >= 15 is 0 Å². The highest BCUT2D eigenvalue weighted by Gasteiger charge is 2.31. The van der Waals surface area contributed by atoms with Gasteiger partial charge < -0.3 is 20.3 Å². The summed E-state index contributed by atoms with van der Waals surface area (Å²) in [7, 11) is -3.69. The molecule has 2 aliphatic rings. The third-order valence-corrected chi connectivity index (χ3v) is 7.48. The van der Waals surface area contributed by atoms with Crippen molar-refractivity contribution in [3.8, 4) is 5.75 Å². The second-order valence-corrected chi connectivity index (χ2v) is 9.68. The lowest BCUT2D eigenvalue weighted by Crippen LogP contribution is -2.42. The van der Waals surface area contributed by atoms with Crippen molar-refractivity contribution in [2.24, 2.45) is 0 Å². The number of nitrogens with one attached hydrogen (secondary N) is 1. The molecule has 7 nitrogen and oxygen atoms in total. The fourth-order valence-corrected chi connectivity index (χ4v) is 5.45. The Morgan fingerprint density at radius 3 is 2.28 bits per heavy atom. The van der Waals surface area contributed by atoms with Crippen LogP contribution < -0.4 is 10.1 Å². The molecule has 0 bridgehead atoms. The van der Waals surface area contributed by atoms with Gasteiger partial charge in [0.25, 0.3) is 0 Å². The Morgan fingerprint density at radius 1 is 1.14 bits per heavy atom. The summed E-state index contributed by atoms with van der Waals surface area (Å²) in [6.45, 7) is 1.27. The summed E-state index contributed by atoms with van der Waals surface area (Å²) in [5.74, 6) is -2.53. The van der Waals surface area contributed by atoms with E-state index in [4.69, 9.17) is 9.84 Å². The van der Waals surface area contributed by atoms with Crippen molar-refractivity contribution in [3.63, 3.8) is 0 Å². The van der Waals surface area contributed by atoms with Crippen molar-refractivity contribution in [1.82, 2.24) is 9.62 Å². The van der Waals surface area contributed by atoms with Crippen LogP contribution in [0.25, 0.3) is 0 Å². The summed E-state index contributed by atoms with van der Waals surface area (Å²) in [6.07, 6.45) is 0.683. The highest BCUT2D eigenvalue weighted by molar-refractivity contribution is 7.89. The van der Waals surface area contributed by atoms with Crippen LogP contribution in [0.5, 0.6) is 5.75 Å². The van der Waals surface area contributed by atoms with Gasteiger partial charge in [0.2, 0.25) is 10.0 Å². The Balaban J connectivity index is 1.63. The first-order valence-electron chi connectivity index (χ1n) is 9.93. The molecule has 1 aromatic carbocycles. The van der Waals surface area contributed by atoms with Crippen LogP contribution in [0.2, 0.25) is 0 Å². The summed E-state index contributed by atoms with van der Waals surface area (Å²) >= 11 is 0. The highest BCUT2D eigenvalue weighted by Crippen LogP contribution is 2.34. The van der Waals surface area contributed by atoms with Crippen molar-refractivity contribution < 1.29 is 32.1 Å². The van der Waals surface area contributed by atoms with Gasteiger partial charge in [-0.3, -0.25) is 0 Å². The lowest BCUT2D eigenvalue weighted by molar-refractivity contribution is 0.111. The molecular formula is C19H28F2N2O5S. The van der Waals surface area contributed by atoms with E-state index in [1.54, 1.807) is 0 Å². The molecule has 29 heavy (non-hydrogen) atoms. The highest BCUT2D eigenvalue weighted by atomic mass is 32.2. The van der Waals surface area contributed by atoms with Crippen molar-refractivity contribution >= 4 is 10.0 Å². The summed E-state index contributed by atoms with van der Waals surface area (Å²) in [4.78, 5) is 0. The number of piperidine rings is 2. The van der Waals surface area contributed by atoms with Gasteiger partial charge in [-0.25, -0.2) is 21.5 Å². The summed E-state index contributed by atoms with van der Waals surface area (Å²) in [6, 6.07) is 2.56. The van der Waals surface area contributed by atoms with E-state index < -0.39 is 40.1 Å². The number of ether oxygens (including phenoxy) is 1. The summed E-state index contributed by atoms with van der Waals surface area (Å²) in [5, 5.41) is 21.4. The van der Waals surface area contributed by atoms with Gasteiger partial charge in [0.15, 0.2) is 17.4 Å². The normalized spacial score (nSPS) is 21.2. The molecule has 2 aliphatic heterocycles. The molecule has 0 saturated carbocycles. The number of aliphatic hydroxyl groups excluding tert-OH is 2. The van der Waals surface area contributed by atoms with E-state index in [2.05, 4.69) is 5.32 Å². The topological polar surface area (TPSA) is 99.1 Å². The van der Waals surface area contributed by atoms with Gasteiger partial charge in [0.05, 0.1) is 18.5 Å². The Kier molecular flexibility index (Phi) is 7.44. The molecule has 2 fully saturated rings. The SMILES string of the molecule is O=S(=O)(CC(O)CO)N1CCC(c2cc(F)c(OC3CCNCC3)c(F)c2)CC1. The van der Waals surface area contributed by atoms with E-state index in [0.717, 1.165) is 13.1 Å². The lowest BCUT2D eigenvalue weighted by atomic mass is 9.90. The number of benzene rings is 1. The first-order chi connectivity index (χ1) is 13.8. The number of halogens is 2. The van der Waals surface area contributed by atoms with Crippen LogP contribution in [0, 0.1) is 11.6 Å². The van der Waals surface area contributed by atoms with Crippen molar-refractivity contribution in [3.05, 3.63) is 29.3 Å². The van der Waals surface area contributed by atoms with Gasteiger partial charge in [0, 0.05) is 13.1 Å². The molecule has 1 unspecified atom stereocenters. The zero-order chi connectivity index (χ0) is 21.0. The molecule has 3 N–H and O–H groups in total. The van der Waals surface area contributed by atoms with Crippen LogP contribution in [0.3, 0.4) is 0 Å². The van der Waals surface area contributed by atoms with E-state index in [-0.39, 0.29) is 30.9 Å². The molecule has 0 amide bonds. The summed E-state index contributed by atoms with van der Waals surface area (Å²) < 4.78 is 60.4. The maximum Gasteiger partial charge on any atom is 0.216 e.